The van der Waals surface area contributed by atoms with E-state index in [0.717, 1.165) is 44.0 Å². The van der Waals surface area contributed by atoms with Gasteiger partial charge in [-0.1, -0.05) is 31.7 Å². The Morgan fingerprint density at radius 2 is 1.93 bits per heavy atom. The Morgan fingerprint density at radius 1 is 1.21 bits per heavy atom. The molecule has 1 saturated heterocycles. The molecule has 1 fully saturated rings. The van der Waals surface area contributed by atoms with Gasteiger partial charge in [-0.15, -0.1) is 12.4 Å². The molecular formula is C21H29ClN4O2S. The van der Waals surface area contributed by atoms with E-state index >= 15 is 0 Å². The Morgan fingerprint density at radius 3 is 2.48 bits per heavy atom. The normalized spacial score (nSPS) is 17.4. The molecule has 0 radical (unpaired) electrons. The molecule has 2 heterocycles. The van der Waals surface area contributed by atoms with Crippen molar-refractivity contribution in [3.05, 3.63) is 54.7 Å². The molecule has 0 amide bonds. The maximum atomic E-state index is 12.5. The zero-order chi connectivity index (χ0) is 20.1. The molecule has 1 aromatic carbocycles. The number of sulfonamides is 1. The molecule has 0 bridgehead atoms. The number of nitrogens with zero attached hydrogens (tertiary/aromatic N) is 3. The third kappa shape index (κ3) is 5.72. The van der Waals surface area contributed by atoms with Crippen LogP contribution in [0.5, 0.6) is 0 Å². The van der Waals surface area contributed by atoms with Crippen molar-refractivity contribution >= 4 is 40.0 Å². The van der Waals surface area contributed by atoms with Gasteiger partial charge in [0.15, 0.2) is 0 Å². The number of benzene rings is 1. The zero-order valence-corrected chi connectivity index (χ0v) is 18.5. The summed E-state index contributed by atoms with van der Waals surface area (Å²) in [6, 6.07) is 10.7. The Kier molecular flexibility index (Phi) is 8.07. The lowest BCUT2D eigenvalue weighted by molar-refractivity contribution is 0.189. The van der Waals surface area contributed by atoms with Gasteiger partial charge in [-0.25, -0.2) is 13.4 Å². The molecule has 29 heavy (non-hydrogen) atoms. The SMILES string of the molecule is C=Cc1ccc(S(=O)(=O)Nc2ccc(N3CCN(CCC)[C@@H](C)C3)nc2)cc1.Cl. The van der Waals surface area contributed by atoms with Crippen LogP contribution in [0.15, 0.2) is 54.1 Å². The first kappa shape index (κ1) is 23.2. The van der Waals surface area contributed by atoms with Crippen LogP contribution >= 0.6 is 12.4 Å². The molecule has 2 aromatic rings. The molecule has 1 aliphatic rings. The predicted octanol–water partition coefficient (Wildman–Crippen LogP) is 3.87. The summed E-state index contributed by atoms with van der Waals surface area (Å²) in [7, 11) is -3.64. The summed E-state index contributed by atoms with van der Waals surface area (Å²) >= 11 is 0. The second-order valence-electron chi connectivity index (χ2n) is 7.11. The fraction of sp³-hybridized carbons (Fsp3) is 0.381. The Hall–Kier alpha value is -2.09. The van der Waals surface area contributed by atoms with E-state index < -0.39 is 10.0 Å². The van der Waals surface area contributed by atoms with E-state index in [2.05, 4.69) is 39.9 Å². The fourth-order valence-electron chi connectivity index (χ4n) is 3.45. The van der Waals surface area contributed by atoms with Gasteiger partial charge >= 0.3 is 0 Å². The highest BCUT2D eigenvalue weighted by Crippen LogP contribution is 2.21. The zero-order valence-electron chi connectivity index (χ0n) is 16.9. The highest BCUT2D eigenvalue weighted by atomic mass is 35.5. The molecule has 0 aliphatic carbocycles. The molecule has 1 atom stereocenters. The lowest BCUT2D eigenvalue weighted by Crippen LogP contribution is -2.52. The number of halogens is 1. The van der Waals surface area contributed by atoms with Crippen molar-refractivity contribution in [1.29, 1.82) is 0 Å². The summed E-state index contributed by atoms with van der Waals surface area (Å²) in [4.78, 5) is 9.44. The van der Waals surface area contributed by atoms with Gasteiger partial charge in [0, 0.05) is 25.7 Å². The Bertz CT molecular complexity index is 901. The largest absolute Gasteiger partial charge is 0.354 e. The first-order chi connectivity index (χ1) is 13.4. The number of aromatic nitrogens is 1. The van der Waals surface area contributed by atoms with Crippen molar-refractivity contribution in [3.63, 3.8) is 0 Å². The van der Waals surface area contributed by atoms with Gasteiger partial charge in [0.25, 0.3) is 10.0 Å². The molecular weight excluding hydrogens is 408 g/mol. The predicted molar refractivity (Wildman–Crippen MR) is 122 cm³/mol. The van der Waals surface area contributed by atoms with Crippen LogP contribution in [0.1, 0.15) is 25.8 Å². The van der Waals surface area contributed by atoms with Crippen molar-refractivity contribution in [2.45, 2.75) is 31.2 Å². The topological polar surface area (TPSA) is 65.5 Å². The van der Waals surface area contributed by atoms with E-state index in [9.17, 15) is 8.42 Å². The van der Waals surface area contributed by atoms with Gasteiger partial charge in [-0.2, -0.15) is 0 Å². The summed E-state index contributed by atoms with van der Waals surface area (Å²) in [6.45, 7) is 12.1. The monoisotopic (exact) mass is 436 g/mol. The van der Waals surface area contributed by atoms with Crippen molar-refractivity contribution in [2.75, 3.05) is 35.8 Å². The van der Waals surface area contributed by atoms with Crippen LogP contribution in [0.4, 0.5) is 11.5 Å². The maximum absolute atomic E-state index is 12.5. The minimum atomic E-state index is -3.64. The standard InChI is InChI=1S/C21H28N4O2S.ClH/c1-4-12-24-13-14-25(16-17(24)3)21-11-8-19(15-22-21)23-28(26,27)20-9-6-18(5-2)7-10-20;/h5-11,15,17,23H,2,4,12-14,16H2,1,3H3;1H/t17-;/m0./s1. The van der Waals surface area contributed by atoms with E-state index in [1.165, 1.54) is 0 Å². The smallest absolute Gasteiger partial charge is 0.261 e. The quantitative estimate of drug-likeness (QED) is 0.713. The number of nitrogens with one attached hydrogen (secondary N) is 1. The number of piperazine rings is 1. The fourth-order valence-corrected chi connectivity index (χ4v) is 4.50. The third-order valence-corrected chi connectivity index (χ3v) is 6.42. The van der Waals surface area contributed by atoms with Gasteiger partial charge in [0.05, 0.1) is 16.8 Å². The average Bonchev–Trinajstić information content (AvgIpc) is 2.70. The number of hydrogen-bond acceptors (Lipinski definition) is 5. The summed E-state index contributed by atoms with van der Waals surface area (Å²) in [5.74, 6) is 0.876. The van der Waals surface area contributed by atoms with Gasteiger partial charge in [-0.05, 0) is 49.7 Å². The molecule has 8 heteroatoms. The molecule has 6 nitrogen and oxygen atoms in total. The summed E-state index contributed by atoms with van der Waals surface area (Å²) < 4.78 is 27.7. The van der Waals surface area contributed by atoms with Crippen LogP contribution in [-0.2, 0) is 10.0 Å². The Balaban J connectivity index is 0.00000300. The van der Waals surface area contributed by atoms with Crippen LogP contribution in [-0.4, -0.2) is 50.5 Å². The molecule has 1 aliphatic heterocycles. The summed E-state index contributed by atoms with van der Waals surface area (Å²) in [6.07, 6.45) is 4.41. The van der Waals surface area contributed by atoms with Crippen LogP contribution in [0, 0.1) is 0 Å². The van der Waals surface area contributed by atoms with Crippen molar-refractivity contribution in [3.8, 4) is 0 Å². The minimum Gasteiger partial charge on any atom is -0.354 e. The highest BCUT2D eigenvalue weighted by molar-refractivity contribution is 7.92. The van der Waals surface area contributed by atoms with Gasteiger partial charge < -0.3 is 4.90 Å². The number of rotatable bonds is 7. The second kappa shape index (κ2) is 10.1. The highest BCUT2D eigenvalue weighted by Gasteiger charge is 2.23. The molecule has 0 spiro atoms. The number of pyridine rings is 1. The van der Waals surface area contributed by atoms with E-state index in [1.54, 1.807) is 42.6 Å². The lowest BCUT2D eigenvalue weighted by Gasteiger charge is -2.40. The van der Waals surface area contributed by atoms with Crippen LogP contribution < -0.4 is 9.62 Å². The van der Waals surface area contributed by atoms with Gasteiger partial charge in [0.2, 0.25) is 0 Å². The summed E-state index contributed by atoms with van der Waals surface area (Å²) in [5, 5.41) is 0. The Labute approximate surface area is 180 Å². The van der Waals surface area contributed by atoms with E-state index in [-0.39, 0.29) is 17.3 Å². The van der Waals surface area contributed by atoms with Crippen LogP contribution in [0.3, 0.4) is 0 Å². The molecule has 3 rings (SSSR count). The van der Waals surface area contributed by atoms with Crippen LogP contribution in [0.2, 0.25) is 0 Å². The van der Waals surface area contributed by atoms with Crippen LogP contribution in [0.25, 0.3) is 6.08 Å². The van der Waals surface area contributed by atoms with Gasteiger partial charge in [-0.3, -0.25) is 9.62 Å². The summed E-state index contributed by atoms with van der Waals surface area (Å²) in [5.41, 5.74) is 1.33. The van der Waals surface area contributed by atoms with Crippen molar-refractivity contribution in [1.82, 2.24) is 9.88 Å². The maximum Gasteiger partial charge on any atom is 0.261 e. The second-order valence-corrected chi connectivity index (χ2v) is 8.80. The van der Waals surface area contributed by atoms with Crippen molar-refractivity contribution < 1.29 is 8.42 Å². The first-order valence-corrected chi connectivity index (χ1v) is 11.1. The first-order valence-electron chi connectivity index (χ1n) is 9.63. The molecule has 158 valence electrons. The molecule has 1 N–H and O–H groups in total. The molecule has 1 aromatic heterocycles. The molecule has 0 saturated carbocycles. The lowest BCUT2D eigenvalue weighted by atomic mass is 10.2. The van der Waals surface area contributed by atoms with E-state index in [0.29, 0.717) is 11.7 Å². The van der Waals surface area contributed by atoms with E-state index in [1.807, 2.05) is 6.07 Å². The van der Waals surface area contributed by atoms with Gasteiger partial charge in [0.1, 0.15) is 5.82 Å². The average molecular weight is 437 g/mol. The number of hydrogen-bond donors (Lipinski definition) is 1. The van der Waals surface area contributed by atoms with Crippen molar-refractivity contribution in [2.24, 2.45) is 0 Å². The number of anilines is 2. The minimum absolute atomic E-state index is 0. The molecule has 0 unspecified atom stereocenters. The van der Waals surface area contributed by atoms with E-state index in [4.69, 9.17) is 0 Å². The third-order valence-electron chi connectivity index (χ3n) is 5.03.